The summed E-state index contributed by atoms with van der Waals surface area (Å²) < 4.78 is 5.60. The first-order valence-corrected chi connectivity index (χ1v) is 16.3. The third kappa shape index (κ3) is 6.63. The van der Waals surface area contributed by atoms with Gasteiger partial charge in [0.15, 0.2) is 22.5 Å². The number of aryl methyl sites for hydroxylation is 1. The van der Waals surface area contributed by atoms with Gasteiger partial charge < -0.3 is 30.1 Å². The van der Waals surface area contributed by atoms with Crippen molar-refractivity contribution in [3.05, 3.63) is 76.9 Å². The van der Waals surface area contributed by atoms with Gasteiger partial charge >= 0.3 is 0 Å². The molecule has 0 atom stereocenters. The maximum absolute atomic E-state index is 13.0. The number of anilines is 5. The molecule has 6 rings (SSSR count). The topological polar surface area (TPSA) is 116 Å². The van der Waals surface area contributed by atoms with Crippen LogP contribution in [0.2, 0.25) is 5.02 Å². The Labute approximate surface area is 276 Å². The minimum atomic E-state index is -0.301. The zero-order valence-electron chi connectivity index (χ0n) is 25.8. The predicted octanol–water partition coefficient (Wildman–Crippen LogP) is 6.00. The number of benzene rings is 1. The van der Waals surface area contributed by atoms with Gasteiger partial charge in [0.2, 0.25) is 5.91 Å². The molecule has 2 fully saturated rings. The number of amides is 2. The molecule has 238 valence electrons. The summed E-state index contributed by atoms with van der Waals surface area (Å²) in [5.74, 6) is 1.58. The molecule has 13 heteroatoms. The molecule has 46 heavy (non-hydrogen) atoms. The number of carbonyl (C=O) groups is 2. The zero-order valence-corrected chi connectivity index (χ0v) is 27.3. The van der Waals surface area contributed by atoms with Gasteiger partial charge in [-0.1, -0.05) is 41.6 Å². The Hall–Kier alpha value is -4.68. The summed E-state index contributed by atoms with van der Waals surface area (Å²) in [5, 5.41) is 7.08. The lowest BCUT2D eigenvalue weighted by molar-refractivity contribution is -0.126. The van der Waals surface area contributed by atoms with Crippen LogP contribution in [-0.2, 0) is 4.79 Å². The van der Waals surface area contributed by atoms with Gasteiger partial charge in [-0.2, -0.15) is 0 Å². The van der Waals surface area contributed by atoms with Gasteiger partial charge in [0.1, 0.15) is 4.88 Å². The van der Waals surface area contributed by atoms with Crippen LogP contribution in [0.15, 0.2) is 61.4 Å². The van der Waals surface area contributed by atoms with Gasteiger partial charge in [-0.3, -0.25) is 9.59 Å². The van der Waals surface area contributed by atoms with E-state index in [0.29, 0.717) is 64.2 Å². The Bertz CT molecular complexity index is 1750. The van der Waals surface area contributed by atoms with Gasteiger partial charge in [0, 0.05) is 51.0 Å². The summed E-state index contributed by atoms with van der Waals surface area (Å²) in [7, 11) is 1.58. The van der Waals surface area contributed by atoms with Crippen LogP contribution in [0.3, 0.4) is 0 Å². The van der Waals surface area contributed by atoms with Crippen LogP contribution in [0.4, 0.5) is 28.1 Å². The molecule has 11 nitrogen and oxygen atoms in total. The van der Waals surface area contributed by atoms with Crippen molar-refractivity contribution in [2.45, 2.75) is 19.8 Å². The molecule has 2 amide bonds. The van der Waals surface area contributed by atoms with Gasteiger partial charge in [-0.05, 0) is 55.7 Å². The summed E-state index contributed by atoms with van der Waals surface area (Å²) in [4.78, 5) is 46.2. The van der Waals surface area contributed by atoms with Crippen molar-refractivity contribution in [2.75, 3.05) is 66.8 Å². The second kappa shape index (κ2) is 13.8. The molecule has 0 bridgehead atoms. The third-order valence-electron chi connectivity index (χ3n) is 8.15. The number of thiazole rings is 1. The highest BCUT2D eigenvalue weighted by atomic mass is 35.5. The number of piperazine rings is 1. The molecule has 2 aliphatic heterocycles. The number of para-hydroxylation sites is 1. The van der Waals surface area contributed by atoms with Crippen LogP contribution < -0.4 is 25.2 Å². The fourth-order valence-electron chi connectivity index (χ4n) is 5.65. The normalized spacial score (nSPS) is 14.7. The summed E-state index contributed by atoms with van der Waals surface area (Å²) in [6, 6.07) is 11.4. The third-order valence-corrected chi connectivity index (χ3v) is 9.38. The number of nitrogens with one attached hydrogen (secondary N) is 2. The highest BCUT2D eigenvalue weighted by Crippen LogP contribution is 2.36. The molecule has 1 aromatic carbocycles. The van der Waals surface area contributed by atoms with Crippen LogP contribution >= 0.6 is 22.9 Å². The van der Waals surface area contributed by atoms with Crippen molar-refractivity contribution >= 4 is 62.9 Å². The minimum absolute atomic E-state index is 0.0397. The number of aromatic nitrogens is 3. The molecule has 0 saturated carbocycles. The van der Waals surface area contributed by atoms with Gasteiger partial charge in [0.25, 0.3) is 5.91 Å². The fraction of sp³-hybridized carbons (Fsp3) is 0.303. The molecule has 2 N–H and O–H groups in total. The smallest absolute Gasteiger partial charge is 0.267 e. The van der Waals surface area contributed by atoms with Crippen molar-refractivity contribution in [1.29, 1.82) is 0 Å². The van der Waals surface area contributed by atoms with E-state index in [-0.39, 0.29) is 11.8 Å². The number of hydrogen-bond donors (Lipinski definition) is 2. The molecule has 0 aliphatic carbocycles. The first-order valence-electron chi connectivity index (χ1n) is 15.1. The van der Waals surface area contributed by atoms with Crippen LogP contribution in [0.1, 0.15) is 28.1 Å². The van der Waals surface area contributed by atoms with E-state index >= 15 is 0 Å². The summed E-state index contributed by atoms with van der Waals surface area (Å²) in [6.45, 7) is 10.1. The summed E-state index contributed by atoms with van der Waals surface area (Å²) >= 11 is 7.50. The summed E-state index contributed by atoms with van der Waals surface area (Å²) in [6.07, 6.45) is 6.99. The van der Waals surface area contributed by atoms with E-state index in [1.165, 1.54) is 23.6 Å². The molecule has 0 unspecified atom stereocenters. The van der Waals surface area contributed by atoms with Gasteiger partial charge in [-0.15, -0.1) is 0 Å². The lowest BCUT2D eigenvalue weighted by Gasteiger charge is -2.37. The standard InChI is InChI=1S/C33H35ClN8O3S/c1-4-28(43)41-14-16-42(17-15-41)31-25(40-12-5-6-13-40)18-22(19-35-31)24-10-11-26(45-3)30(37-24)39-33-36-20-27(46-33)32(44)38-29-21(2)8-7-9-23(29)34/h4,7-11,18-20H,1,5-6,12-17H2,2-3H3,(H,38,44)(H,36,37,39). The minimum Gasteiger partial charge on any atom is -0.493 e. The number of nitrogens with zero attached hydrogens (tertiary/aromatic N) is 6. The second-order valence-corrected chi connectivity index (χ2v) is 12.5. The molecule has 2 saturated heterocycles. The van der Waals surface area contributed by atoms with Crippen molar-refractivity contribution in [2.24, 2.45) is 0 Å². The highest BCUT2D eigenvalue weighted by molar-refractivity contribution is 7.17. The molecular formula is C33H35ClN8O3S. The molecule has 2 aliphatic rings. The largest absolute Gasteiger partial charge is 0.493 e. The van der Waals surface area contributed by atoms with Crippen LogP contribution in [0, 0.1) is 6.92 Å². The van der Waals surface area contributed by atoms with Crippen molar-refractivity contribution in [3.63, 3.8) is 0 Å². The average Bonchev–Trinajstić information content (AvgIpc) is 3.79. The monoisotopic (exact) mass is 658 g/mol. The molecule has 0 spiro atoms. The van der Waals surface area contributed by atoms with Crippen LogP contribution in [0.25, 0.3) is 11.3 Å². The molecule has 4 aromatic rings. The van der Waals surface area contributed by atoms with Crippen molar-refractivity contribution in [1.82, 2.24) is 19.9 Å². The summed E-state index contributed by atoms with van der Waals surface area (Å²) in [5.41, 5.74) is 4.09. The predicted molar refractivity (Wildman–Crippen MR) is 184 cm³/mol. The average molecular weight is 659 g/mol. The number of methoxy groups -OCH3 is 1. The van der Waals surface area contributed by atoms with Gasteiger partial charge in [-0.25, -0.2) is 15.0 Å². The van der Waals surface area contributed by atoms with E-state index in [2.05, 4.69) is 38.1 Å². The van der Waals surface area contributed by atoms with E-state index < -0.39 is 0 Å². The number of ether oxygens (including phenoxy) is 1. The maximum Gasteiger partial charge on any atom is 0.267 e. The SMILES string of the molecule is C=CC(=O)N1CCN(c2ncc(-c3ccc(OC)c(Nc4ncc(C(=O)Nc5c(C)cccc5Cl)s4)n3)cc2N2CCCC2)CC1. The lowest BCUT2D eigenvalue weighted by Crippen LogP contribution is -2.48. The number of carbonyl (C=O) groups excluding carboxylic acids is 2. The Morgan fingerprint density at radius 3 is 2.52 bits per heavy atom. The van der Waals surface area contributed by atoms with Crippen LogP contribution in [0.5, 0.6) is 5.75 Å². The second-order valence-electron chi connectivity index (χ2n) is 11.1. The number of pyridine rings is 2. The number of halogens is 1. The lowest BCUT2D eigenvalue weighted by atomic mass is 10.1. The van der Waals surface area contributed by atoms with Crippen molar-refractivity contribution in [3.8, 4) is 17.0 Å². The van der Waals surface area contributed by atoms with E-state index in [1.54, 1.807) is 13.2 Å². The Morgan fingerprint density at radius 2 is 1.80 bits per heavy atom. The number of rotatable bonds is 9. The first-order chi connectivity index (χ1) is 22.3. The molecule has 3 aromatic heterocycles. The Balaban J connectivity index is 1.24. The Morgan fingerprint density at radius 1 is 1.02 bits per heavy atom. The highest BCUT2D eigenvalue weighted by Gasteiger charge is 2.26. The quantitative estimate of drug-likeness (QED) is 0.209. The Kier molecular flexibility index (Phi) is 9.36. The van der Waals surface area contributed by atoms with Crippen LogP contribution in [-0.4, -0.2) is 78.0 Å². The molecule has 0 radical (unpaired) electrons. The molecule has 5 heterocycles. The van der Waals surface area contributed by atoms with Gasteiger partial charge in [0.05, 0.1) is 35.4 Å². The fourth-order valence-corrected chi connectivity index (χ4v) is 6.63. The maximum atomic E-state index is 13.0. The van der Waals surface area contributed by atoms with E-state index in [4.69, 9.17) is 26.3 Å². The molecular weight excluding hydrogens is 624 g/mol. The number of hydrogen-bond acceptors (Lipinski definition) is 10. The van der Waals surface area contributed by atoms with E-state index in [1.807, 2.05) is 42.3 Å². The zero-order chi connectivity index (χ0) is 32.2. The van der Waals surface area contributed by atoms with E-state index in [0.717, 1.165) is 48.6 Å². The van der Waals surface area contributed by atoms with Crippen molar-refractivity contribution < 1.29 is 14.3 Å². The van der Waals surface area contributed by atoms with E-state index in [9.17, 15) is 9.59 Å². The first kappa shape index (κ1) is 31.3.